The van der Waals surface area contributed by atoms with Crippen LogP contribution in [0.4, 0.5) is 0 Å². The Kier molecular flexibility index (Phi) is 3.63. The molecule has 1 nitrogen and oxygen atoms in total. The lowest BCUT2D eigenvalue weighted by Crippen LogP contribution is -2.46. The second-order valence-electron chi connectivity index (χ2n) is 10.4. The van der Waals surface area contributed by atoms with Crippen molar-refractivity contribution >= 4 is 0 Å². The smallest absolute Gasteiger partial charge is 0.00418 e. The summed E-state index contributed by atoms with van der Waals surface area (Å²) in [6.07, 6.45) is 28.0. The zero-order chi connectivity index (χ0) is 17.3. The van der Waals surface area contributed by atoms with Crippen LogP contribution < -0.4 is 5.73 Å². The van der Waals surface area contributed by atoms with Crippen molar-refractivity contribution in [2.24, 2.45) is 58.5 Å². The first-order valence-corrected chi connectivity index (χ1v) is 11.6. The summed E-state index contributed by atoms with van der Waals surface area (Å²) in [6.45, 7) is 0. The average Bonchev–Trinajstić information content (AvgIpc) is 3.15. The largest absolute Gasteiger partial charge is 0.328 e. The summed E-state index contributed by atoms with van der Waals surface area (Å²) in [5, 5.41) is 0. The van der Waals surface area contributed by atoms with Gasteiger partial charge < -0.3 is 5.73 Å². The molecule has 3 saturated carbocycles. The minimum Gasteiger partial charge on any atom is -0.328 e. The molecule has 0 aromatic carbocycles. The molecule has 0 bridgehead atoms. The Morgan fingerprint density at radius 1 is 0.654 bits per heavy atom. The van der Waals surface area contributed by atoms with Crippen LogP contribution in [0.2, 0.25) is 0 Å². The van der Waals surface area contributed by atoms with Crippen LogP contribution in [0.1, 0.15) is 57.8 Å². The Morgan fingerprint density at radius 2 is 1.31 bits per heavy atom. The molecule has 6 rings (SSSR count). The van der Waals surface area contributed by atoms with E-state index in [0.717, 1.165) is 47.3 Å². The zero-order valence-corrected chi connectivity index (χ0v) is 16.1. The molecule has 0 amide bonds. The summed E-state index contributed by atoms with van der Waals surface area (Å²) in [7, 11) is 0. The van der Waals surface area contributed by atoms with Gasteiger partial charge in [-0.05, 0) is 111 Å². The van der Waals surface area contributed by atoms with Crippen molar-refractivity contribution in [1.82, 2.24) is 0 Å². The van der Waals surface area contributed by atoms with E-state index in [4.69, 9.17) is 5.73 Å². The van der Waals surface area contributed by atoms with Crippen LogP contribution in [0.5, 0.6) is 0 Å². The first-order chi connectivity index (χ1) is 12.8. The van der Waals surface area contributed by atoms with Crippen molar-refractivity contribution in [1.29, 1.82) is 0 Å². The molecule has 0 radical (unpaired) electrons. The van der Waals surface area contributed by atoms with Crippen molar-refractivity contribution in [3.8, 4) is 0 Å². The van der Waals surface area contributed by atoms with E-state index in [0.29, 0.717) is 11.5 Å². The monoisotopic (exact) mass is 349 g/mol. The lowest BCUT2D eigenvalue weighted by molar-refractivity contribution is 0.0144. The van der Waals surface area contributed by atoms with E-state index in [9.17, 15) is 0 Å². The number of hydrogen-bond donors (Lipinski definition) is 1. The Hall–Kier alpha value is -0.820. The molecule has 0 heterocycles. The van der Waals surface area contributed by atoms with Gasteiger partial charge in [-0.3, -0.25) is 0 Å². The highest BCUT2D eigenvalue weighted by Crippen LogP contribution is 2.75. The Morgan fingerprint density at radius 3 is 2.04 bits per heavy atom. The highest BCUT2D eigenvalue weighted by molar-refractivity contribution is 5.29. The van der Waals surface area contributed by atoms with Gasteiger partial charge in [0.05, 0.1) is 0 Å². The third-order valence-corrected chi connectivity index (χ3v) is 9.84. The molecule has 1 heteroatoms. The highest BCUT2D eigenvalue weighted by Gasteiger charge is 2.70. The normalized spacial score (nSPS) is 56.9. The molecule has 2 N–H and O–H groups in total. The predicted molar refractivity (Wildman–Crippen MR) is 107 cm³/mol. The molecule has 26 heavy (non-hydrogen) atoms. The Labute approximate surface area is 159 Å². The lowest BCUT2D eigenvalue weighted by Gasteiger charge is -2.50. The zero-order valence-electron chi connectivity index (χ0n) is 16.1. The van der Waals surface area contributed by atoms with E-state index < -0.39 is 0 Å². The van der Waals surface area contributed by atoms with Crippen LogP contribution in [0.25, 0.3) is 0 Å². The van der Waals surface area contributed by atoms with Crippen molar-refractivity contribution in [2.45, 2.75) is 63.8 Å². The van der Waals surface area contributed by atoms with Gasteiger partial charge in [0.25, 0.3) is 0 Å². The minimum atomic E-state index is 0.454. The second-order valence-corrected chi connectivity index (χ2v) is 10.4. The number of fused-ring (bicyclic) bond motifs is 10. The summed E-state index contributed by atoms with van der Waals surface area (Å²) < 4.78 is 0. The fourth-order valence-electron chi connectivity index (χ4n) is 9.37. The van der Waals surface area contributed by atoms with Crippen LogP contribution in [-0.2, 0) is 0 Å². The predicted octanol–water partition coefficient (Wildman–Crippen LogP) is 5.49. The Bertz CT molecular complexity index is 629. The van der Waals surface area contributed by atoms with Gasteiger partial charge in [0, 0.05) is 6.04 Å². The van der Waals surface area contributed by atoms with E-state index in [1.165, 1.54) is 57.8 Å². The first-order valence-electron chi connectivity index (χ1n) is 11.6. The van der Waals surface area contributed by atoms with Gasteiger partial charge in [-0.25, -0.2) is 0 Å². The van der Waals surface area contributed by atoms with Crippen LogP contribution >= 0.6 is 0 Å². The minimum absolute atomic E-state index is 0.454. The lowest BCUT2D eigenvalue weighted by atomic mass is 9.54. The van der Waals surface area contributed by atoms with Gasteiger partial charge in [0.1, 0.15) is 0 Å². The fraction of sp³-hybridized carbons (Fsp3) is 0.760. The van der Waals surface area contributed by atoms with E-state index in [1.807, 2.05) is 0 Å². The summed E-state index contributed by atoms with van der Waals surface area (Å²) in [4.78, 5) is 0. The summed E-state index contributed by atoms with van der Waals surface area (Å²) in [5.74, 6) is 7.16. The number of nitrogens with two attached hydrogens (primary N) is 1. The van der Waals surface area contributed by atoms with Gasteiger partial charge in [-0.2, -0.15) is 0 Å². The number of hydrogen-bond acceptors (Lipinski definition) is 1. The molecule has 3 fully saturated rings. The average molecular weight is 350 g/mol. The van der Waals surface area contributed by atoms with E-state index in [-0.39, 0.29) is 0 Å². The van der Waals surface area contributed by atoms with E-state index in [2.05, 4.69) is 36.5 Å². The standard InChI is InChI=1S/C25H35N/c26-16-13-14-20-19-9-3-6-12-23(19)25(24(20)15-16)21-10-4-1-7-17(21)18-8-2-5-11-22(18)25/h3-5,9-11,16-24H,1-2,6-8,12-15,26H2/t16?,17?,18?,19?,20?,21-,22?,23?,24?,25?/m0/s1. The van der Waals surface area contributed by atoms with Gasteiger partial charge in [-0.15, -0.1) is 0 Å². The number of rotatable bonds is 0. The highest BCUT2D eigenvalue weighted by atomic mass is 14.8. The van der Waals surface area contributed by atoms with Crippen LogP contribution in [-0.4, -0.2) is 6.04 Å². The maximum Gasteiger partial charge on any atom is 0.00418 e. The molecular formula is C25H35N. The van der Waals surface area contributed by atoms with Gasteiger partial charge in [-0.1, -0.05) is 36.5 Å². The van der Waals surface area contributed by atoms with E-state index in [1.54, 1.807) is 0 Å². The van der Waals surface area contributed by atoms with Gasteiger partial charge in [0.15, 0.2) is 0 Å². The van der Waals surface area contributed by atoms with Crippen molar-refractivity contribution < 1.29 is 0 Å². The summed E-state index contributed by atoms with van der Waals surface area (Å²) >= 11 is 0. The molecule has 140 valence electrons. The third-order valence-electron chi connectivity index (χ3n) is 9.84. The maximum atomic E-state index is 6.61. The molecule has 6 aliphatic carbocycles. The topological polar surface area (TPSA) is 26.0 Å². The molecule has 6 aliphatic rings. The quantitative estimate of drug-likeness (QED) is 0.575. The summed E-state index contributed by atoms with van der Waals surface area (Å²) in [5.41, 5.74) is 7.14. The molecular weight excluding hydrogens is 314 g/mol. The molecule has 9 unspecified atom stereocenters. The third kappa shape index (κ3) is 1.91. The Balaban J connectivity index is 1.55. The van der Waals surface area contributed by atoms with Crippen LogP contribution in [0.15, 0.2) is 36.5 Å². The fourth-order valence-corrected chi connectivity index (χ4v) is 9.37. The van der Waals surface area contributed by atoms with Crippen LogP contribution in [0, 0.1) is 52.8 Å². The van der Waals surface area contributed by atoms with Crippen molar-refractivity contribution in [3.63, 3.8) is 0 Å². The molecule has 10 atom stereocenters. The molecule has 0 aliphatic heterocycles. The molecule has 0 aromatic heterocycles. The van der Waals surface area contributed by atoms with Crippen LogP contribution in [0.3, 0.4) is 0 Å². The maximum absolute atomic E-state index is 6.61. The first kappa shape index (κ1) is 16.2. The van der Waals surface area contributed by atoms with E-state index >= 15 is 0 Å². The van der Waals surface area contributed by atoms with Crippen molar-refractivity contribution in [3.05, 3.63) is 36.5 Å². The van der Waals surface area contributed by atoms with Gasteiger partial charge in [0.2, 0.25) is 0 Å². The summed E-state index contributed by atoms with van der Waals surface area (Å²) in [6, 6.07) is 0.454. The number of allylic oxidation sites excluding steroid dienone is 6. The van der Waals surface area contributed by atoms with Crippen molar-refractivity contribution in [2.75, 3.05) is 0 Å². The van der Waals surface area contributed by atoms with Gasteiger partial charge >= 0.3 is 0 Å². The SMILES string of the molecule is NC1CCC2C3C=CCCC3C3(C4C=CCCC4C4CCC=C[C@@H]43)C2C1. The molecule has 1 spiro atoms. The molecule has 0 saturated heterocycles. The second kappa shape index (κ2) is 5.84. The molecule has 0 aromatic rings.